The predicted octanol–water partition coefficient (Wildman–Crippen LogP) is 3.56. The molecule has 2 aliphatic rings. The maximum atomic E-state index is 10.1. The lowest BCUT2D eigenvalue weighted by Crippen LogP contribution is -2.33. The van der Waals surface area contributed by atoms with Gasteiger partial charge in [0.25, 0.3) is 0 Å². The van der Waals surface area contributed by atoms with Crippen LogP contribution in [-0.2, 0) is 16.8 Å². The zero-order valence-corrected chi connectivity index (χ0v) is 12.6. The molecule has 1 N–H and O–H groups in total. The van der Waals surface area contributed by atoms with Gasteiger partial charge in [0, 0.05) is 7.11 Å². The van der Waals surface area contributed by atoms with Gasteiger partial charge in [-0.05, 0) is 50.9 Å². The molecule has 106 valence electrons. The van der Waals surface area contributed by atoms with E-state index in [1.807, 2.05) is 7.11 Å². The number of rotatable bonds is 2. The Morgan fingerprint density at radius 2 is 2.05 bits per heavy atom. The van der Waals surface area contributed by atoms with E-state index in [0.717, 1.165) is 53.6 Å². The number of fused-ring (bicyclic) bond motifs is 1. The van der Waals surface area contributed by atoms with Gasteiger partial charge in [-0.25, -0.2) is 4.98 Å². The van der Waals surface area contributed by atoms with Crippen molar-refractivity contribution in [1.82, 2.24) is 4.98 Å². The molecular formula is C15H23NO2S. The van der Waals surface area contributed by atoms with Gasteiger partial charge in [-0.15, -0.1) is 11.3 Å². The maximum absolute atomic E-state index is 10.1. The molecule has 0 spiro atoms. The molecule has 1 fully saturated rings. The smallest absolute Gasteiger partial charge is 0.125 e. The second-order valence-electron chi connectivity index (χ2n) is 6.12. The van der Waals surface area contributed by atoms with Crippen molar-refractivity contribution in [2.75, 3.05) is 7.11 Å². The fourth-order valence-corrected chi connectivity index (χ4v) is 4.68. The van der Waals surface area contributed by atoms with Gasteiger partial charge in [0.15, 0.2) is 0 Å². The second kappa shape index (κ2) is 5.15. The molecular weight excluding hydrogens is 258 g/mol. The van der Waals surface area contributed by atoms with E-state index in [2.05, 4.69) is 6.92 Å². The summed E-state index contributed by atoms with van der Waals surface area (Å²) in [4.78, 5) is 5.92. The van der Waals surface area contributed by atoms with Gasteiger partial charge in [0.05, 0.1) is 16.7 Å². The summed E-state index contributed by atoms with van der Waals surface area (Å²) in [6.07, 6.45) is 7.19. The summed E-state index contributed by atoms with van der Waals surface area (Å²) in [6, 6.07) is 0. The van der Waals surface area contributed by atoms with Gasteiger partial charge >= 0.3 is 0 Å². The van der Waals surface area contributed by atoms with Crippen LogP contribution in [-0.4, -0.2) is 17.2 Å². The number of aliphatic hydroxyl groups excluding tert-OH is 1. The fraction of sp³-hybridized carbons (Fsp3) is 0.800. The third kappa shape index (κ3) is 2.34. The lowest BCUT2D eigenvalue weighted by atomic mass is 9.80. The van der Waals surface area contributed by atoms with Crippen molar-refractivity contribution in [2.45, 2.75) is 63.6 Å². The number of methoxy groups -OCH3 is 1. The normalized spacial score (nSPS) is 35.1. The molecule has 2 aliphatic carbocycles. The quantitative estimate of drug-likeness (QED) is 0.901. The lowest BCUT2D eigenvalue weighted by molar-refractivity contribution is -0.0531. The molecule has 1 heterocycles. The standard InChI is InChI=1S/C15H23NO2S/c1-10-6-8-15(18-2,9-7-10)14-16-11-4-3-5-12(17)13(11)19-14/h10,12,17H,3-9H2,1-2H3. The van der Waals surface area contributed by atoms with Crippen LogP contribution in [0.1, 0.15) is 67.1 Å². The Kier molecular flexibility index (Phi) is 3.67. The third-order valence-electron chi connectivity index (χ3n) is 4.78. The molecule has 1 aromatic heterocycles. The van der Waals surface area contributed by atoms with Crippen LogP contribution in [0.25, 0.3) is 0 Å². The first-order valence-electron chi connectivity index (χ1n) is 7.38. The van der Waals surface area contributed by atoms with Gasteiger partial charge in [-0.1, -0.05) is 6.92 Å². The van der Waals surface area contributed by atoms with E-state index in [4.69, 9.17) is 9.72 Å². The molecule has 0 bridgehead atoms. The summed E-state index contributed by atoms with van der Waals surface area (Å²) in [5.41, 5.74) is 0.933. The molecule has 1 saturated carbocycles. The Morgan fingerprint density at radius 3 is 2.68 bits per heavy atom. The van der Waals surface area contributed by atoms with Crippen LogP contribution in [0.4, 0.5) is 0 Å². The predicted molar refractivity (Wildman–Crippen MR) is 76.3 cm³/mol. The minimum Gasteiger partial charge on any atom is -0.388 e. The number of aromatic nitrogens is 1. The highest BCUT2D eigenvalue weighted by molar-refractivity contribution is 7.12. The molecule has 1 atom stereocenters. The van der Waals surface area contributed by atoms with Crippen LogP contribution in [0.2, 0.25) is 0 Å². The van der Waals surface area contributed by atoms with Gasteiger partial charge in [-0.2, -0.15) is 0 Å². The highest BCUT2D eigenvalue weighted by Crippen LogP contribution is 2.46. The SMILES string of the molecule is COC1(c2nc3c(s2)C(O)CCC3)CCC(C)CC1. The minimum atomic E-state index is -0.300. The summed E-state index contributed by atoms with van der Waals surface area (Å²) in [5.74, 6) is 0.795. The average Bonchev–Trinajstić information content (AvgIpc) is 2.86. The van der Waals surface area contributed by atoms with Gasteiger partial charge in [0.2, 0.25) is 0 Å². The van der Waals surface area contributed by atoms with Gasteiger partial charge in [0.1, 0.15) is 10.6 Å². The van der Waals surface area contributed by atoms with Crippen LogP contribution in [0.3, 0.4) is 0 Å². The Bertz CT molecular complexity index is 449. The molecule has 4 heteroatoms. The van der Waals surface area contributed by atoms with E-state index >= 15 is 0 Å². The lowest BCUT2D eigenvalue weighted by Gasteiger charge is -2.36. The molecule has 0 aromatic carbocycles. The van der Waals surface area contributed by atoms with Crippen LogP contribution in [0, 0.1) is 5.92 Å². The fourth-order valence-electron chi connectivity index (χ4n) is 3.33. The molecule has 3 nitrogen and oxygen atoms in total. The summed E-state index contributed by atoms with van der Waals surface area (Å²) in [6.45, 7) is 2.32. The first-order valence-corrected chi connectivity index (χ1v) is 8.19. The first kappa shape index (κ1) is 13.5. The number of ether oxygens (including phenoxy) is 1. The first-order chi connectivity index (χ1) is 9.14. The zero-order valence-electron chi connectivity index (χ0n) is 11.8. The van der Waals surface area contributed by atoms with Crippen molar-refractivity contribution in [1.29, 1.82) is 0 Å². The highest BCUT2D eigenvalue weighted by atomic mass is 32.1. The number of nitrogens with zero attached hydrogens (tertiary/aromatic N) is 1. The Hall–Kier alpha value is -0.450. The molecule has 1 unspecified atom stereocenters. The van der Waals surface area contributed by atoms with E-state index in [1.54, 1.807) is 11.3 Å². The van der Waals surface area contributed by atoms with E-state index in [0.29, 0.717) is 0 Å². The van der Waals surface area contributed by atoms with Crippen LogP contribution in [0.15, 0.2) is 0 Å². The molecule has 0 aliphatic heterocycles. The second-order valence-corrected chi connectivity index (χ2v) is 7.15. The van der Waals surface area contributed by atoms with E-state index in [9.17, 15) is 5.11 Å². The Morgan fingerprint density at radius 1 is 1.32 bits per heavy atom. The highest BCUT2D eigenvalue weighted by Gasteiger charge is 2.40. The minimum absolute atomic E-state index is 0.186. The van der Waals surface area contributed by atoms with Crippen LogP contribution in [0.5, 0.6) is 0 Å². The average molecular weight is 281 g/mol. The summed E-state index contributed by atoms with van der Waals surface area (Å²) in [7, 11) is 1.81. The van der Waals surface area contributed by atoms with E-state index in [-0.39, 0.29) is 11.7 Å². The van der Waals surface area contributed by atoms with Crippen LogP contribution < -0.4 is 0 Å². The molecule has 0 amide bonds. The third-order valence-corrected chi connectivity index (χ3v) is 6.17. The van der Waals surface area contributed by atoms with Crippen molar-refractivity contribution in [3.63, 3.8) is 0 Å². The maximum Gasteiger partial charge on any atom is 0.125 e. The summed E-state index contributed by atoms with van der Waals surface area (Å²) < 4.78 is 5.89. The number of hydrogen-bond donors (Lipinski definition) is 1. The van der Waals surface area contributed by atoms with Crippen molar-refractivity contribution in [3.05, 3.63) is 15.6 Å². The van der Waals surface area contributed by atoms with E-state index in [1.165, 1.54) is 12.8 Å². The number of hydrogen-bond acceptors (Lipinski definition) is 4. The largest absolute Gasteiger partial charge is 0.388 e. The van der Waals surface area contributed by atoms with Gasteiger partial charge < -0.3 is 9.84 Å². The van der Waals surface area contributed by atoms with Crippen molar-refractivity contribution in [3.8, 4) is 0 Å². The molecule has 3 rings (SSSR count). The summed E-state index contributed by atoms with van der Waals surface area (Å²) in [5, 5.41) is 11.2. The topological polar surface area (TPSA) is 42.4 Å². The molecule has 19 heavy (non-hydrogen) atoms. The van der Waals surface area contributed by atoms with Crippen molar-refractivity contribution in [2.24, 2.45) is 5.92 Å². The van der Waals surface area contributed by atoms with Gasteiger partial charge in [-0.3, -0.25) is 0 Å². The Labute approximate surface area is 119 Å². The van der Waals surface area contributed by atoms with E-state index < -0.39 is 0 Å². The number of thiazole rings is 1. The molecule has 0 radical (unpaired) electrons. The number of aliphatic hydroxyl groups is 1. The van der Waals surface area contributed by atoms with Crippen LogP contribution >= 0.6 is 11.3 Å². The number of aryl methyl sites for hydroxylation is 1. The Balaban J connectivity index is 1.92. The van der Waals surface area contributed by atoms with Crippen molar-refractivity contribution >= 4 is 11.3 Å². The van der Waals surface area contributed by atoms with Crippen molar-refractivity contribution < 1.29 is 9.84 Å². The molecule has 1 aromatic rings. The molecule has 0 saturated heterocycles. The monoisotopic (exact) mass is 281 g/mol. The zero-order chi connectivity index (χ0) is 13.5. The summed E-state index contributed by atoms with van der Waals surface area (Å²) >= 11 is 1.69.